The average molecular weight is 346 g/mol. The number of nitrogens with zero attached hydrogens (tertiary/aromatic N) is 2. The van der Waals surface area contributed by atoms with Gasteiger partial charge in [0.05, 0.1) is 6.42 Å². The van der Waals surface area contributed by atoms with Crippen LogP contribution in [0.3, 0.4) is 0 Å². The van der Waals surface area contributed by atoms with Crippen LogP contribution in [0.25, 0.3) is 10.9 Å². The fourth-order valence-corrected chi connectivity index (χ4v) is 4.21. The molecule has 0 spiro atoms. The standard InChI is InChI=1S/C23H26N2O/c1-17-7-3-4-8-19(17)16-23(26)25-13-11-18(12-14-25)22-15-20-9-5-6-10-21(20)24(22)2/h3-10,15,18H,11-14,16H2,1-2H3. The molecule has 0 saturated carbocycles. The van der Waals surface area contributed by atoms with Crippen LogP contribution in [0, 0.1) is 6.92 Å². The number of carbonyl (C=O) groups excluding carboxylic acids is 1. The normalized spacial score (nSPS) is 15.5. The summed E-state index contributed by atoms with van der Waals surface area (Å²) in [5.41, 5.74) is 5.04. The molecule has 0 atom stereocenters. The molecule has 1 amide bonds. The van der Waals surface area contributed by atoms with Crippen LogP contribution in [-0.2, 0) is 18.3 Å². The molecule has 1 fully saturated rings. The zero-order valence-electron chi connectivity index (χ0n) is 15.6. The molecule has 3 nitrogen and oxygen atoms in total. The first kappa shape index (κ1) is 16.9. The summed E-state index contributed by atoms with van der Waals surface area (Å²) in [4.78, 5) is 14.7. The van der Waals surface area contributed by atoms with Crippen LogP contribution in [0.4, 0.5) is 0 Å². The molecule has 1 aliphatic heterocycles. The topological polar surface area (TPSA) is 25.2 Å². The lowest BCUT2D eigenvalue weighted by Gasteiger charge is -2.32. The molecule has 3 heteroatoms. The number of hydrogen-bond acceptors (Lipinski definition) is 1. The van der Waals surface area contributed by atoms with Crippen molar-refractivity contribution in [2.24, 2.45) is 7.05 Å². The smallest absolute Gasteiger partial charge is 0.226 e. The van der Waals surface area contributed by atoms with E-state index in [-0.39, 0.29) is 5.91 Å². The number of rotatable bonds is 3. The molecule has 4 rings (SSSR count). The number of carbonyl (C=O) groups is 1. The molecule has 2 heterocycles. The second-order valence-electron chi connectivity index (χ2n) is 7.45. The zero-order chi connectivity index (χ0) is 18.1. The number of aryl methyl sites for hydroxylation is 2. The van der Waals surface area contributed by atoms with E-state index in [1.165, 1.54) is 22.2 Å². The summed E-state index contributed by atoms with van der Waals surface area (Å²) in [6.07, 6.45) is 2.61. The Labute approximate surface area is 155 Å². The highest BCUT2D eigenvalue weighted by molar-refractivity contribution is 5.81. The monoisotopic (exact) mass is 346 g/mol. The number of hydrogen-bond donors (Lipinski definition) is 0. The Morgan fingerprint density at radius 3 is 2.46 bits per heavy atom. The molecule has 0 N–H and O–H groups in total. The van der Waals surface area contributed by atoms with Gasteiger partial charge >= 0.3 is 0 Å². The zero-order valence-corrected chi connectivity index (χ0v) is 15.6. The Morgan fingerprint density at radius 1 is 1.04 bits per heavy atom. The van der Waals surface area contributed by atoms with Gasteiger partial charge in [0.25, 0.3) is 0 Å². The van der Waals surface area contributed by atoms with E-state index in [4.69, 9.17) is 0 Å². The van der Waals surface area contributed by atoms with E-state index in [1.807, 2.05) is 17.0 Å². The molecule has 0 unspecified atom stereocenters. The number of piperidine rings is 1. The van der Waals surface area contributed by atoms with Crippen molar-refractivity contribution in [1.29, 1.82) is 0 Å². The van der Waals surface area contributed by atoms with Crippen LogP contribution < -0.4 is 0 Å². The fraction of sp³-hybridized carbons (Fsp3) is 0.348. The van der Waals surface area contributed by atoms with Crippen molar-refractivity contribution >= 4 is 16.8 Å². The van der Waals surface area contributed by atoms with Crippen LogP contribution in [0.15, 0.2) is 54.6 Å². The van der Waals surface area contributed by atoms with Gasteiger partial charge in [-0.25, -0.2) is 0 Å². The van der Waals surface area contributed by atoms with Gasteiger partial charge in [0, 0.05) is 37.3 Å². The predicted octanol–water partition coefficient (Wildman–Crippen LogP) is 4.44. The maximum atomic E-state index is 12.7. The minimum absolute atomic E-state index is 0.259. The van der Waals surface area contributed by atoms with Crippen LogP contribution >= 0.6 is 0 Å². The van der Waals surface area contributed by atoms with E-state index < -0.39 is 0 Å². The molecule has 134 valence electrons. The van der Waals surface area contributed by atoms with Gasteiger partial charge in [-0.15, -0.1) is 0 Å². The Morgan fingerprint density at radius 2 is 1.73 bits per heavy atom. The van der Waals surface area contributed by atoms with Crippen molar-refractivity contribution in [3.8, 4) is 0 Å². The largest absolute Gasteiger partial charge is 0.347 e. The van der Waals surface area contributed by atoms with Crippen molar-refractivity contribution < 1.29 is 4.79 Å². The molecular weight excluding hydrogens is 320 g/mol. The van der Waals surface area contributed by atoms with Crippen LogP contribution in [0.1, 0.15) is 35.6 Å². The molecule has 26 heavy (non-hydrogen) atoms. The maximum Gasteiger partial charge on any atom is 0.226 e. The summed E-state index contributed by atoms with van der Waals surface area (Å²) < 4.78 is 2.32. The number of fused-ring (bicyclic) bond motifs is 1. The average Bonchev–Trinajstić information content (AvgIpc) is 3.01. The van der Waals surface area contributed by atoms with Gasteiger partial charge < -0.3 is 9.47 Å². The Bertz CT molecular complexity index is 932. The summed E-state index contributed by atoms with van der Waals surface area (Å²) in [5.74, 6) is 0.796. The maximum absolute atomic E-state index is 12.7. The second kappa shape index (κ2) is 6.99. The van der Waals surface area contributed by atoms with Crippen LogP contribution in [-0.4, -0.2) is 28.5 Å². The van der Waals surface area contributed by atoms with Gasteiger partial charge in [-0.05, 0) is 48.4 Å². The first-order valence-electron chi connectivity index (χ1n) is 9.50. The van der Waals surface area contributed by atoms with Crippen molar-refractivity contribution in [3.63, 3.8) is 0 Å². The summed E-state index contributed by atoms with van der Waals surface area (Å²) in [6.45, 7) is 3.79. The van der Waals surface area contributed by atoms with Crippen molar-refractivity contribution in [3.05, 3.63) is 71.4 Å². The minimum atomic E-state index is 0.259. The number of likely N-dealkylation sites (tertiary alicyclic amines) is 1. The van der Waals surface area contributed by atoms with Gasteiger partial charge in [-0.1, -0.05) is 42.5 Å². The van der Waals surface area contributed by atoms with Gasteiger partial charge in [0.1, 0.15) is 0 Å². The lowest BCUT2D eigenvalue weighted by Crippen LogP contribution is -2.39. The number of aromatic nitrogens is 1. The van der Waals surface area contributed by atoms with E-state index in [0.29, 0.717) is 12.3 Å². The Kier molecular flexibility index (Phi) is 4.54. The second-order valence-corrected chi connectivity index (χ2v) is 7.45. The summed E-state index contributed by atoms with van der Waals surface area (Å²) in [6, 6.07) is 19.1. The van der Waals surface area contributed by atoms with Gasteiger partial charge in [-0.3, -0.25) is 4.79 Å². The summed E-state index contributed by atoms with van der Waals surface area (Å²) >= 11 is 0. The highest BCUT2D eigenvalue weighted by atomic mass is 16.2. The van der Waals surface area contributed by atoms with Crippen molar-refractivity contribution in [2.45, 2.75) is 32.1 Å². The molecular formula is C23H26N2O. The molecule has 0 bridgehead atoms. The van der Waals surface area contributed by atoms with Gasteiger partial charge in [0.15, 0.2) is 0 Å². The van der Waals surface area contributed by atoms with E-state index in [2.05, 4.69) is 61.0 Å². The predicted molar refractivity (Wildman–Crippen MR) is 106 cm³/mol. The molecule has 1 aromatic heterocycles. The minimum Gasteiger partial charge on any atom is -0.347 e. The Hall–Kier alpha value is -2.55. The van der Waals surface area contributed by atoms with E-state index in [0.717, 1.165) is 31.5 Å². The number of amides is 1. The van der Waals surface area contributed by atoms with Gasteiger partial charge in [0.2, 0.25) is 5.91 Å². The van der Waals surface area contributed by atoms with Crippen LogP contribution in [0.5, 0.6) is 0 Å². The Balaban J connectivity index is 1.43. The molecule has 3 aromatic rings. The molecule has 1 saturated heterocycles. The third-order valence-electron chi connectivity index (χ3n) is 5.86. The summed E-state index contributed by atoms with van der Waals surface area (Å²) in [5, 5.41) is 1.31. The van der Waals surface area contributed by atoms with E-state index >= 15 is 0 Å². The molecule has 1 aliphatic rings. The lowest BCUT2D eigenvalue weighted by molar-refractivity contribution is -0.131. The third-order valence-corrected chi connectivity index (χ3v) is 5.86. The molecule has 2 aromatic carbocycles. The quantitative estimate of drug-likeness (QED) is 0.688. The fourth-order valence-electron chi connectivity index (χ4n) is 4.21. The first-order valence-corrected chi connectivity index (χ1v) is 9.50. The number of para-hydroxylation sites is 1. The van der Waals surface area contributed by atoms with E-state index in [1.54, 1.807) is 0 Å². The van der Waals surface area contributed by atoms with Crippen molar-refractivity contribution in [1.82, 2.24) is 9.47 Å². The lowest BCUT2D eigenvalue weighted by atomic mass is 9.93. The molecule has 0 aliphatic carbocycles. The molecule has 0 radical (unpaired) electrons. The number of benzene rings is 2. The highest BCUT2D eigenvalue weighted by Gasteiger charge is 2.26. The van der Waals surface area contributed by atoms with Crippen LogP contribution in [0.2, 0.25) is 0 Å². The van der Waals surface area contributed by atoms with Crippen molar-refractivity contribution in [2.75, 3.05) is 13.1 Å². The summed E-state index contributed by atoms with van der Waals surface area (Å²) in [7, 11) is 2.16. The third kappa shape index (κ3) is 3.14. The highest BCUT2D eigenvalue weighted by Crippen LogP contribution is 2.32. The SMILES string of the molecule is Cc1ccccc1CC(=O)N1CCC(c2cc3ccccc3n2C)CC1. The first-order chi connectivity index (χ1) is 12.6. The van der Waals surface area contributed by atoms with Gasteiger partial charge in [-0.2, -0.15) is 0 Å². The van der Waals surface area contributed by atoms with E-state index in [9.17, 15) is 4.79 Å².